The van der Waals surface area contributed by atoms with Gasteiger partial charge in [-0.2, -0.15) is 0 Å². The lowest BCUT2D eigenvalue weighted by atomic mass is 9.81. The number of ether oxygens (including phenoxy) is 1. The minimum absolute atomic E-state index is 0.0643. The second-order valence-electron chi connectivity index (χ2n) is 6.14. The highest BCUT2D eigenvalue weighted by Gasteiger charge is 2.27. The van der Waals surface area contributed by atoms with E-state index in [-0.39, 0.29) is 17.4 Å². The van der Waals surface area contributed by atoms with Crippen molar-refractivity contribution in [2.75, 3.05) is 6.61 Å². The van der Waals surface area contributed by atoms with Gasteiger partial charge in [-0.25, -0.2) is 0 Å². The third-order valence-corrected chi connectivity index (χ3v) is 4.59. The fourth-order valence-electron chi connectivity index (χ4n) is 2.67. The van der Waals surface area contributed by atoms with Crippen LogP contribution in [0.1, 0.15) is 45.2 Å². The Bertz CT molecular complexity index is 618. The number of carbonyl (C=O) groups excluding carboxylic acids is 1. The normalized spacial score (nSPS) is 13.3. The second kappa shape index (κ2) is 6.58. The van der Waals surface area contributed by atoms with Gasteiger partial charge in [0, 0.05) is 10.7 Å². The van der Waals surface area contributed by atoms with Gasteiger partial charge >= 0.3 is 5.97 Å². The third-order valence-electron chi connectivity index (χ3n) is 3.61. The molecule has 0 fully saturated rings. The summed E-state index contributed by atoms with van der Waals surface area (Å²) in [5, 5.41) is 3.36. The minimum atomic E-state index is -0.172. The molecular weight excluding hydrogens is 282 g/mol. The van der Waals surface area contributed by atoms with Gasteiger partial charge in [-0.3, -0.25) is 4.79 Å². The molecule has 3 nitrogen and oxygen atoms in total. The molecule has 0 aliphatic rings. The average molecular weight is 305 g/mol. The Hall–Kier alpha value is -1.39. The predicted octanol–water partition coefficient (Wildman–Crippen LogP) is 4.27. The van der Waals surface area contributed by atoms with E-state index in [1.54, 1.807) is 11.3 Å². The number of esters is 1. The smallest absolute Gasteiger partial charge is 0.306 e. The van der Waals surface area contributed by atoms with Gasteiger partial charge in [-0.1, -0.05) is 32.0 Å². The lowest BCUT2D eigenvalue weighted by molar-refractivity contribution is -0.145. The summed E-state index contributed by atoms with van der Waals surface area (Å²) in [7, 11) is 0. The van der Waals surface area contributed by atoms with E-state index in [0.717, 1.165) is 6.42 Å². The van der Waals surface area contributed by atoms with Crippen molar-refractivity contribution >= 4 is 27.4 Å². The lowest BCUT2D eigenvalue weighted by Gasteiger charge is -2.27. The summed E-state index contributed by atoms with van der Waals surface area (Å²) >= 11 is 1.72. The van der Waals surface area contributed by atoms with Crippen LogP contribution in [0.2, 0.25) is 0 Å². The van der Waals surface area contributed by atoms with Gasteiger partial charge in [-0.15, -0.1) is 11.3 Å². The molecule has 21 heavy (non-hydrogen) atoms. The highest BCUT2D eigenvalue weighted by Crippen LogP contribution is 2.36. The van der Waals surface area contributed by atoms with Crippen molar-refractivity contribution in [3.63, 3.8) is 0 Å². The van der Waals surface area contributed by atoms with Crippen LogP contribution in [0.4, 0.5) is 0 Å². The fraction of sp³-hybridized carbons (Fsp3) is 0.471. The van der Waals surface area contributed by atoms with Gasteiger partial charge in [-0.05, 0) is 41.2 Å². The van der Waals surface area contributed by atoms with E-state index >= 15 is 0 Å². The molecule has 2 N–H and O–H groups in total. The van der Waals surface area contributed by atoms with Crippen LogP contribution >= 0.6 is 11.3 Å². The zero-order valence-electron chi connectivity index (χ0n) is 12.9. The topological polar surface area (TPSA) is 52.3 Å². The molecule has 1 aromatic heterocycles. The van der Waals surface area contributed by atoms with Crippen molar-refractivity contribution in [1.82, 2.24) is 0 Å². The highest BCUT2D eigenvalue weighted by atomic mass is 32.1. The Morgan fingerprint density at radius 1 is 1.38 bits per heavy atom. The average Bonchev–Trinajstić information content (AvgIpc) is 2.81. The van der Waals surface area contributed by atoms with Crippen molar-refractivity contribution in [1.29, 1.82) is 0 Å². The van der Waals surface area contributed by atoms with Crippen molar-refractivity contribution in [3.8, 4) is 0 Å². The minimum Gasteiger partial charge on any atom is -0.466 e. The van der Waals surface area contributed by atoms with Gasteiger partial charge in [0.05, 0.1) is 13.0 Å². The maximum absolute atomic E-state index is 11.7. The van der Waals surface area contributed by atoms with Crippen LogP contribution in [0.5, 0.6) is 0 Å². The standard InChI is InChI=1S/C17H23NO2S/c1-4-20-16(19)10-17(2,3)9-14(18)13-11-21-15-8-6-5-7-12(13)15/h5-8,11,14H,4,9-10,18H2,1-3H3. The Balaban J connectivity index is 2.09. The first-order valence-electron chi connectivity index (χ1n) is 7.30. The van der Waals surface area contributed by atoms with Crippen LogP contribution in [-0.2, 0) is 9.53 Å². The van der Waals surface area contributed by atoms with Crippen molar-refractivity contribution in [2.45, 2.75) is 39.7 Å². The maximum atomic E-state index is 11.7. The summed E-state index contributed by atoms with van der Waals surface area (Å²) in [6, 6.07) is 8.23. The van der Waals surface area contributed by atoms with E-state index in [1.807, 2.05) is 19.1 Å². The van der Waals surface area contributed by atoms with Crippen molar-refractivity contribution in [3.05, 3.63) is 35.2 Å². The quantitative estimate of drug-likeness (QED) is 0.811. The van der Waals surface area contributed by atoms with E-state index in [9.17, 15) is 4.79 Å². The molecule has 0 aliphatic heterocycles. The molecule has 0 amide bonds. The summed E-state index contributed by atoms with van der Waals surface area (Å²) in [4.78, 5) is 11.7. The zero-order chi connectivity index (χ0) is 15.5. The van der Waals surface area contributed by atoms with Crippen LogP contribution in [-0.4, -0.2) is 12.6 Å². The molecule has 0 saturated carbocycles. The largest absolute Gasteiger partial charge is 0.466 e. The number of fused-ring (bicyclic) bond motifs is 1. The maximum Gasteiger partial charge on any atom is 0.306 e. The van der Waals surface area contributed by atoms with E-state index < -0.39 is 0 Å². The van der Waals surface area contributed by atoms with Crippen LogP contribution in [0.25, 0.3) is 10.1 Å². The van der Waals surface area contributed by atoms with E-state index in [4.69, 9.17) is 10.5 Å². The first-order chi connectivity index (χ1) is 9.93. The number of rotatable bonds is 6. The molecule has 1 unspecified atom stereocenters. The Morgan fingerprint density at radius 2 is 2.10 bits per heavy atom. The van der Waals surface area contributed by atoms with Crippen LogP contribution in [0.15, 0.2) is 29.6 Å². The van der Waals surface area contributed by atoms with Gasteiger partial charge in [0.1, 0.15) is 0 Å². The number of nitrogens with two attached hydrogens (primary N) is 1. The molecule has 0 aliphatic carbocycles. The Morgan fingerprint density at radius 3 is 2.81 bits per heavy atom. The monoisotopic (exact) mass is 305 g/mol. The predicted molar refractivity (Wildman–Crippen MR) is 88.4 cm³/mol. The second-order valence-corrected chi connectivity index (χ2v) is 7.06. The van der Waals surface area contributed by atoms with E-state index in [2.05, 4.69) is 31.4 Å². The molecule has 0 radical (unpaired) electrons. The molecule has 1 heterocycles. The molecule has 2 aromatic rings. The third kappa shape index (κ3) is 4.05. The molecule has 0 saturated heterocycles. The summed E-state index contributed by atoms with van der Waals surface area (Å²) in [6.45, 7) is 6.39. The summed E-state index contributed by atoms with van der Waals surface area (Å²) in [5.41, 5.74) is 7.40. The molecule has 0 bridgehead atoms. The molecule has 2 rings (SSSR count). The number of carbonyl (C=O) groups is 1. The Labute approximate surface area is 130 Å². The summed E-state index contributed by atoms with van der Waals surface area (Å²) in [6.07, 6.45) is 1.16. The molecule has 1 aromatic carbocycles. The van der Waals surface area contributed by atoms with E-state index in [0.29, 0.717) is 13.0 Å². The molecule has 114 valence electrons. The van der Waals surface area contributed by atoms with E-state index in [1.165, 1.54) is 15.6 Å². The van der Waals surface area contributed by atoms with Crippen LogP contribution in [0, 0.1) is 5.41 Å². The number of benzene rings is 1. The van der Waals surface area contributed by atoms with Crippen LogP contribution in [0.3, 0.4) is 0 Å². The number of thiophene rings is 1. The summed E-state index contributed by atoms with van der Waals surface area (Å²) < 4.78 is 6.30. The first-order valence-corrected chi connectivity index (χ1v) is 8.18. The van der Waals surface area contributed by atoms with Gasteiger partial charge in [0.15, 0.2) is 0 Å². The molecule has 4 heteroatoms. The molecule has 0 spiro atoms. The van der Waals surface area contributed by atoms with Crippen molar-refractivity contribution in [2.24, 2.45) is 11.1 Å². The first kappa shape index (κ1) is 16.0. The Kier molecular flexibility index (Phi) is 5.01. The fourth-order valence-corrected chi connectivity index (χ4v) is 3.69. The van der Waals surface area contributed by atoms with Crippen LogP contribution < -0.4 is 5.73 Å². The number of hydrogen-bond acceptors (Lipinski definition) is 4. The highest BCUT2D eigenvalue weighted by molar-refractivity contribution is 7.17. The summed E-state index contributed by atoms with van der Waals surface area (Å²) in [5.74, 6) is -0.148. The lowest BCUT2D eigenvalue weighted by Crippen LogP contribution is -2.24. The number of hydrogen-bond donors (Lipinski definition) is 1. The van der Waals surface area contributed by atoms with Gasteiger partial charge in [0.2, 0.25) is 0 Å². The van der Waals surface area contributed by atoms with Gasteiger partial charge < -0.3 is 10.5 Å². The SMILES string of the molecule is CCOC(=O)CC(C)(C)CC(N)c1csc2ccccc12. The zero-order valence-corrected chi connectivity index (χ0v) is 13.7. The molecule has 1 atom stereocenters. The van der Waals surface area contributed by atoms with Crippen molar-refractivity contribution < 1.29 is 9.53 Å². The molecular formula is C17H23NO2S. The van der Waals surface area contributed by atoms with Gasteiger partial charge in [0.25, 0.3) is 0 Å².